The van der Waals surface area contributed by atoms with Crippen molar-refractivity contribution in [3.63, 3.8) is 0 Å². The third kappa shape index (κ3) is 6.82. The Morgan fingerprint density at radius 3 is 2.52 bits per heavy atom. The minimum absolute atomic E-state index is 0.00464. The Labute approximate surface area is 188 Å². The van der Waals surface area contributed by atoms with Crippen molar-refractivity contribution in [2.45, 2.75) is 63.7 Å². The van der Waals surface area contributed by atoms with Gasteiger partial charge >= 0.3 is 0 Å². The lowest BCUT2D eigenvalue weighted by Crippen LogP contribution is -2.27. The van der Waals surface area contributed by atoms with Crippen molar-refractivity contribution in [2.24, 2.45) is 0 Å². The molecule has 0 radical (unpaired) electrons. The summed E-state index contributed by atoms with van der Waals surface area (Å²) >= 11 is 1.53. The number of hydrogen-bond acceptors (Lipinski definition) is 3. The third-order valence-corrected chi connectivity index (χ3v) is 6.65. The van der Waals surface area contributed by atoms with Gasteiger partial charge in [0, 0.05) is 17.8 Å². The molecule has 1 atom stereocenters. The van der Waals surface area contributed by atoms with E-state index in [1.807, 2.05) is 24.3 Å². The van der Waals surface area contributed by atoms with Gasteiger partial charge in [-0.3, -0.25) is 14.5 Å². The first-order valence-electron chi connectivity index (χ1n) is 11.2. The lowest BCUT2D eigenvalue weighted by Gasteiger charge is -2.24. The average Bonchev–Trinajstić information content (AvgIpc) is 3.15. The van der Waals surface area contributed by atoms with Gasteiger partial charge in [0.25, 0.3) is 0 Å². The molecule has 166 valence electrons. The van der Waals surface area contributed by atoms with E-state index >= 15 is 0 Å². The molecule has 0 aliphatic carbocycles. The smallest absolute Gasteiger partial charge is 0.238 e. The van der Waals surface area contributed by atoms with Crippen molar-refractivity contribution in [1.29, 1.82) is 0 Å². The summed E-state index contributed by atoms with van der Waals surface area (Å²) in [5.41, 5.74) is 2.35. The molecule has 0 spiro atoms. The first kappa shape index (κ1) is 23.3. The van der Waals surface area contributed by atoms with Crippen LogP contribution >= 0.6 is 11.8 Å². The number of nitrogens with zero attached hydrogens (tertiary/aromatic N) is 1. The maximum atomic E-state index is 13.3. The third-order valence-electron chi connectivity index (χ3n) is 5.44. The normalized spacial score (nSPS) is 16.0. The van der Waals surface area contributed by atoms with Crippen molar-refractivity contribution in [2.75, 3.05) is 16.0 Å². The van der Waals surface area contributed by atoms with Gasteiger partial charge in [0.2, 0.25) is 11.8 Å². The van der Waals surface area contributed by atoms with E-state index in [9.17, 15) is 14.0 Å². The van der Waals surface area contributed by atoms with Crippen LogP contribution in [-0.2, 0) is 9.59 Å². The molecule has 2 aromatic carbocycles. The number of amides is 2. The van der Waals surface area contributed by atoms with E-state index in [1.165, 1.54) is 56.0 Å². The Morgan fingerprint density at radius 1 is 1.06 bits per heavy atom. The van der Waals surface area contributed by atoms with Crippen LogP contribution < -0.4 is 10.2 Å². The number of thioether (sulfide) groups is 1. The van der Waals surface area contributed by atoms with E-state index in [1.54, 1.807) is 17.0 Å². The molecule has 0 bridgehead atoms. The maximum Gasteiger partial charge on any atom is 0.238 e. The van der Waals surface area contributed by atoms with E-state index in [4.69, 9.17) is 0 Å². The molecular formula is C25H31FN2O2S. The van der Waals surface area contributed by atoms with Gasteiger partial charge in [0.1, 0.15) is 11.2 Å². The minimum Gasteiger partial charge on any atom is -0.326 e. The van der Waals surface area contributed by atoms with Crippen LogP contribution in [0.15, 0.2) is 48.5 Å². The van der Waals surface area contributed by atoms with Crippen molar-refractivity contribution in [3.05, 3.63) is 59.9 Å². The molecule has 1 aliphatic rings. The van der Waals surface area contributed by atoms with Crippen LogP contribution in [0.25, 0.3) is 0 Å². The first-order valence-corrected chi connectivity index (χ1v) is 12.2. The fourth-order valence-corrected chi connectivity index (χ4v) is 4.95. The number of halogens is 1. The van der Waals surface area contributed by atoms with Crippen molar-refractivity contribution >= 4 is 35.0 Å². The second kappa shape index (κ2) is 11.9. The highest BCUT2D eigenvalue weighted by atomic mass is 32.2. The van der Waals surface area contributed by atoms with Crippen LogP contribution in [0, 0.1) is 5.82 Å². The fourth-order valence-electron chi connectivity index (χ4n) is 3.79. The number of carbonyl (C=O) groups is 2. The van der Waals surface area contributed by atoms with Crippen LogP contribution in [0.5, 0.6) is 0 Å². The van der Waals surface area contributed by atoms with Gasteiger partial charge < -0.3 is 5.32 Å². The summed E-state index contributed by atoms with van der Waals surface area (Å²) in [6, 6.07) is 13.6. The number of unbranched alkanes of at least 4 members (excludes halogenated alkanes) is 6. The summed E-state index contributed by atoms with van der Waals surface area (Å²) in [5.74, 6) is 0.0631. The van der Waals surface area contributed by atoms with Gasteiger partial charge in [-0.15, -0.1) is 11.8 Å². The highest BCUT2D eigenvalue weighted by Crippen LogP contribution is 2.42. The van der Waals surface area contributed by atoms with E-state index in [0.717, 1.165) is 24.1 Å². The number of nitrogens with one attached hydrogen (secondary N) is 1. The first-order chi connectivity index (χ1) is 15.1. The molecule has 1 aliphatic heterocycles. The lowest BCUT2D eigenvalue weighted by molar-refractivity contribution is -0.117. The Kier molecular flexibility index (Phi) is 8.95. The molecule has 1 N–H and O–H groups in total. The van der Waals surface area contributed by atoms with Crippen molar-refractivity contribution in [1.82, 2.24) is 0 Å². The quantitative estimate of drug-likeness (QED) is 0.395. The summed E-state index contributed by atoms with van der Waals surface area (Å²) < 4.78 is 13.3. The van der Waals surface area contributed by atoms with Crippen LogP contribution in [0.4, 0.5) is 15.8 Å². The highest BCUT2D eigenvalue weighted by molar-refractivity contribution is 8.00. The number of rotatable bonds is 11. The summed E-state index contributed by atoms with van der Waals surface area (Å²) in [7, 11) is 0. The Hall–Kier alpha value is -2.34. The molecule has 1 saturated heterocycles. The van der Waals surface area contributed by atoms with Crippen LogP contribution in [0.3, 0.4) is 0 Å². The summed E-state index contributed by atoms with van der Waals surface area (Å²) in [4.78, 5) is 26.5. The monoisotopic (exact) mass is 442 g/mol. The van der Waals surface area contributed by atoms with Crippen LogP contribution in [0.1, 0.15) is 69.2 Å². The van der Waals surface area contributed by atoms with E-state index in [-0.39, 0.29) is 23.0 Å². The highest BCUT2D eigenvalue weighted by Gasteiger charge is 2.34. The molecule has 0 aromatic heterocycles. The predicted molar refractivity (Wildman–Crippen MR) is 127 cm³/mol. The Bertz CT molecular complexity index is 872. The van der Waals surface area contributed by atoms with Gasteiger partial charge in [0.05, 0.1) is 5.75 Å². The van der Waals surface area contributed by atoms with Crippen LogP contribution in [0.2, 0.25) is 0 Å². The van der Waals surface area contributed by atoms with Gasteiger partial charge in [-0.25, -0.2) is 4.39 Å². The van der Waals surface area contributed by atoms with Crippen molar-refractivity contribution in [3.8, 4) is 0 Å². The zero-order valence-corrected chi connectivity index (χ0v) is 18.9. The van der Waals surface area contributed by atoms with Gasteiger partial charge in [-0.1, -0.05) is 57.6 Å². The summed E-state index contributed by atoms with van der Waals surface area (Å²) in [6.45, 7) is 2.21. The Morgan fingerprint density at radius 2 is 1.77 bits per heavy atom. The molecule has 2 amide bonds. The standard InChI is InChI=1S/C25H31FN2O2S/c1-2-3-4-5-6-7-8-12-23(29)27-21-11-9-10-19(17-21)25-28(24(30)18-31-25)22-15-13-20(26)14-16-22/h9-11,13-17,25H,2-8,12,18H2,1H3,(H,27,29)/t25-/m0/s1. The van der Waals surface area contributed by atoms with Gasteiger partial charge in [-0.05, 0) is 48.4 Å². The number of hydrogen-bond donors (Lipinski definition) is 1. The largest absolute Gasteiger partial charge is 0.326 e. The Balaban J connectivity index is 1.56. The summed E-state index contributed by atoms with van der Waals surface area (Å²) in [6.07, 6.45) is 8.78. The second-order valence-corrected chi connectivity index (χ2v) is 9.02. The van der Waals surface area contributed by atoms with Crippen LogP contribution in [-0.4, -0.2) is 17.6 Å². The lowest BCUT2D eigenvalue weighted by atomic mass is 10.1. The topological polar surface area (TPSA) is 49.4 Å². The molecule has 31 heavy (non-hydrogen) atoms. The zero-order chi connectivity index (χ0) is 22.1. The van der Waals surface area contributed by atoms with Crippen molar-refractivity contribution < 1.29 is 14.0 Å². The molecule has 4 nitrogen and oxygen atoms in total. The molecule has 2 aromatic rings. The molecule has 1 heterocycles. The molecule has 3 rings (SSSR count). The zero-order valence-electron chi connectivity index (χ0n) is 18.1. The van der Waals surface area contributed by atoms with E-state index in [0.29, 0.717) is 17.9 Å². The number of benzene rings is 2. The minimum atomic E-state index is -0.328. The fraction of sp³-hybridized carbons (Fsp3) is 0.440. The van der Waals surface area contributed by atoms with E-state index < -0.39 is 0 Å². The number of anilines is 2. The van der Waals surface area contributed by atoms with E-state index in [2.05, 4.69) is 12.2 Å². The maximum absolute atomic E-state index is 13.3. The molecule has 0 saturated carbocycles. The molecular weight excluding hydrogens is 411 g/mol. The van der Waals surface area contributed by atoms with Gasteiger partial charge in [0.15, 0.2) is 0 Å². The van der Waals surface area contributed by atoms with Gasteiger partial charge in [-0.2, -0.15) is 0 Å². The predicted octanol–water partition coefficient (Wildman–Crippen LogP) is 6.68. The molecule has 1 fully saturated rings. The SMILES string of the molecule is CCCCCCCCCC(=O)Nc1cccc([C@@H]2SCC(=O)N2c2ccc(F)cc2)c1. The number of carbonyl (C=O) groups excluding carboxylic acids is 2. The molecule has 0 unspecified atom stereocenters. The second-order valence-electron chi connectivity index (χ2n) is 7.95. The summed E-state index contributed by atoms with van der Waals surface area (Å²) in [5, 5.41) is 2.79. The average molecular weight is 443 g/mol. The molecule has 6 heteroatoms.